The van der Waals surface area contributed by atoms with Gasteiger partial charge in [-0.15, -0.1) is 0 Å². The minimum absolute atomic E-state index is 0.0594. The van der Waals surface area contributed by atoms with E-state index < -0.39 is 0 Å². The predicted molar refractivity (Wildman–Crippen MR) is 63.8 cm³/mol. The predicted octanol–water partition coefficient (Wildman–Crippen LogP) is 3.09. The molecule has 1 unspecified atom stereocenters. The van der Waals surface area contributed by atoms with Crippen molar-refractivity contribution in [1.29, 1.82) is 0 Å². The molecule has 2 rings (SSSR count). The zero-order valence-electron chi connectivity index (χ0n) is 7.71. The molecule has 0 N–H and O–H groups in total. The number of carbonyl (C=O) groups excluding carboxylic acids is 1. The first-order valence-corrected chi connectivity index (χ1v) is 6.18. The van der Waals surface area contributed by atoms with E-state index in [0.717, 1.165) is 5.69 Å². The third-order valence-electron chi connectivity index (χ3n) is 2.28. The Kier molecular flexibility index (Phi) is 3.11. The van der Waals surface area contributed by atoms with Gasteiger partial charge in [-0.25, -0.2) is 4.39 Å². The summed E-state index contributed by atoms with van der Waals surface area (Å²) in [5, 5.41) is 0. The molecule has 1 atom stereocenters. The number of anilines is 1. The lowest BCUT2D eigenvalue weighted by Crippen LogP contribution is -2.24. The Bertz CT molecular complexity index is 410. The Morgan fingerprint density at radius 2 is 2.20 bits per heavy atom. The van der Waals surface area contributed by atoms with Crippen molar-refractivity contribution in [3.8, 4) is 0 Å². The Morgan fingerprint density at radius 1 is 1.47 bits per heavy atom. The fourth-order valence-corrected chi connectivity index (χ4v) is 2.73. The van der Waals surface area contributed by atoms with Crippen molar-refractivity contribution in [2.45, 2.75) is 11.2 Å². The quantitative estimate of drug-likeness (QED) is 0.722. The van der Waals surface area contributed by atoms with Crippen molar-refractivity contribution in [2.75, 3.05) is 11.4 Å². The molecule has 1 amide bonds. The van der Waals surface area contributed by atoms with Gasteiger partial charge in [-0.3, -0.25) is 4.79 Å². The van der Waals surface area contributed by atoms with Gasteiger partial charge in [-0.1, -0.05) is 15.9 Å². The van der Waals surface area contributed by atoms with E-state index in [1.165, 1.54) is 12.1 Å². The number of hydrogen-bond acceptors (Lipinski definition) is 1. The van der Waals surface area contributed by atoms with Crippen molar-refractivity contribution >= 4 is 43.5 Å². The molecule has 80 valence electrons. The SMILES string of the molecule is O=C1CC(Br)CN1c1ccc(F)cc1Br. The fraction of sp³-hybridized carbons (Fsp3) is 0.300. The number of carbonyl (C=O) groups is 1. The lowest BCUT2D eigenvalue weighted by molar-refractivity contribution is -0.117. The molecule has 1 saturated heterocycles. The maximum absolute atomic E-state index is 12.9. The summed E-state index contributed by atoms with van der Waals surface area (Å²) in [5.74, 6) is -0.253. The molecule has 0 spiro atoms. The Morgan fingerprint density at radius 3 is 2.73 bits per heavy atom. The van der Waals surface area contributed by atoms with Gasteiger partial charge in [-0.2, -0.15) is 0 Å². The standard InChI is InChI=1S/C10H8Br2FNO/c11-6-3-10(15)14(5-6)9-2-1-7(13)4-8(9)12/h1-2,4,6H,3,5H2. The summed E-state index contributed by atoms with van der Waals surface area (Å²) in [6.07, 6.45) is 0.490. The number of halogens is 3. The lowest BCUT2D eigenvalue weighted by atomic mass is 10.3. The fourth-order valence-electron chi connectivity index (χ4n) is 1.60. The van der Waals surface area contributed by atoms with Crippen molar-refractivity contribution in [3.63, 3.8) is 0 Å². The molecular weight excluding hydrogens is 329 g/mol. The van der Waals surface area contributed by atoms with Gasteiger partial charge < -0.3 is 4.90 Å². The van der Waals surface area contributed by atoms with Crippen molar-refractivity contribution < 1.29 is 9.18 Å². The van der Waals surface area contributed by atoms with Crippen LogP contribution < -0.4 is 4.90 Å². The van der Waals surface area contributed by atoms with E-state index in [2.05, 4.69) is 31.9 Å². The van der Waals surface area contributed by atoms with Crippen LogP contribution in [0.5, 0.6) is 0 Å². The summed E-state index contributed by atoms with van der Waals surface area (Å²) in [5.41, 5.74) is 0.725. The first kappa shape index (κ1) is 11.1. The Hall–Kier alpha value is -0.420. The average molecular weight is 337 g/mol. The summed E-state index contributed by atoms with van der Waals surface area (Å²) >= 11 is 6.66. The normalized spacial score (nSPS) is 21.1. The van der Waals surface area contributed by atoms with Crippen molar-refractivity contribution in [1.82, 2.24) is 0 Å². The molecule has 0 aromatic heterocycles. The molecule has 2 nitrogen and oxygen atoms in total. The molecule has 15 heavy (non-hydrogen) atoms. The van der Waals surface area contributed by atoms with Crippen LogP contribution in [0, 0.1) is 5.82 Å². The minimum Gasteiger partial charge on any atom is -0.310 e. The molecule has 0 bridgehead atoms. The van der Waals surface area contributed by atoms with Gasteiger partial charge in [0.2, 0.25) is 5.91 Å². The van der Waals surface area contributed by atoms with Crippen LogP contribution >= 0.6 is 31.9 Å². The molecule has 1 heterocycles. The van der Waals surface area contributed by atoms with E-state index in [-0.39, 0.29) is 16.6 Å². The van der Waals surface area contributed by atoms with E-state index in [0.29, 0.717) is 17.4 Å². The van der Waals surface area contributed by atoms with Gasteiger partial charge in [-0.05, 0) is 34.1 Å². The summed E-state index contributed by atoms with van der Waals surface area (Å²) < 4.78 is 13.5. The summed E-state index contributed by atoms with van der Waals surface area (Å²) in [6, 6.07) is 4.33. The molecule has 0 radical (unpaired) electrons. The second kappa shape index (κ2) is 4.22. The molecule has 0 aliphatic carbocycles. The topological polar surface area (TPSA) is 20.3 Å². The van der Waals surface area contributed by atoms with Gasteiger partial charge in [0.05, 0.1) is 5.69 Å². The summed E-state index contributed by atoms with van der Waals surface area (Å²) in [6.45, 7) is 0.628. The van der Waals surface area contributed by atoms with Crippen LogP contribution in [-0.4, -0.2) is 17.3 Å². The number of alkyl halides is 1. The monoisotopic (exact) mass is 335 g/mol. The van der Waals surface area contributed by atoms with Crippen LogP contribution in [0.15, 0.2) is 22.7 Å². The molecule has 5 heteroatoms. The number of hydrogen-bond donors (Lipinski definition) is 0. The van der Waals surface area contributed by atoms with Gasteiger partial charge >= 0.3 is 0 Å². The van der Waals surface area contributed by atoms with Crippen molar-refractivity contribution in [2.24, 2.45) is 0 Å². The van der Waals surface area contributed by atoms with Crippen LogP contribution in [0.4, 0.5) is 10.1 Å². The van der Waals surface area contributed by atoms with Crippen LogP contribution in [0.25, 0.3) is 0 Å². The van der Waals surface area contributed by atoms with Gasteiger partial charge in [0.25, 0.3) is 0 Å². The van der Waals surface area contributed by atoms with Gasteiger partial charge in [0.15, 0.2) is 0 Å². The molecule has 1 aliphatic rings. The summed E-state index contributed by atoms with van der Waals surface area (Å²) in [4.78, 5) is 13.4. The van der Waals surface area contributed by atoms with Gasteiger partial charge in [0, 0.05) is 22.3 Å². The third kappa shape index (κ3) is 2.23. The Balaban J connectivity index is 2.34. The smallest absolute Gasteiger partial charge is 0.228 e. The minimum atomic E-state index is -0.312. The highest BCUT2D eigenvalue weighted by atomic mass is 79.9. The zero-order chi connectivity index (χ0) is 11.0. The van der Waals surface area contributed by atoms with Crippen molar-refractivity contribution in [3.05, 3.63) is 28.5 Å². The van der Waals surface area contributed by atoms with E-state index in [4.69, 9.17) is 0 Å². The number of rotatable bonds is 1. The molecular formula is C10H8Br2FNO. The molecule has 1 aromatic carbocycles. The highest BCUT2D eigenvalue weighted by Crippen LogP contribution is 2.31. The number of amides is 1. The van der Waals surface area contributed by atoms with Crippen LogP contribution in [0.3, 0.4) is 0 Å². The third-order valence-corrected chi connectivity index (χ3v) is 3.53. The van der Waals surface area contributed by atoms with E-state index >= 15 is 0 Å². The largest absolute Gasteiger partial charge is 0.310 e. The average Bonchev–Trinajstić information content (AvgIpc) is 2.45. The molecule has 1 aliphatic heterocycles. The number of benzene rings is 1. The lowest BCUT2D eigenvalue weighted by Gasteiger charge is -2.17. The number of nitrogens with zero attached hydrogens (tertiary/aromatic N) is 1. The molecule has 1 aromatic rings. The van der Waals surface area contributed by atoms with Crippen LogP contribution in [0.2, 0.25) is 0 Å². The highest BCUT2D eigenvalue weighted by molar-refractivity contribution is 9.10. The first-order valence-electron chi connectivity index (χ1n) is 4.47. The van der Waals surface area contributed by atoms with Crippen LogP contribution in [0.1, 0.15) is 6.42 Å². The molecule has 0 saturated carbocycles. The van der Waals surface area contributed by atoms with E-state index in [1.807, 2.05) is 0 Å². The molecule has 1 fully saturated rings. The maximum Gasteiger partial charge on any atom is 0.228 e. The summed E-state index contributed by atoms with van der Waals surface area (Å²) in [7, 11) is 0. The van der Waals surface area contributed by atoms with Gasteiger partial charge in [0.1, 0.15) is 5.82 Å². The zero-order valence-corrected chi connectivity index (χ0v) is 10.9. The first-order chi connectivity index (χ1) is 7.08. The van der Waals surface area contributed by atoms with Crippen LogP contribution in [-0.2, 0) is 4.79 Å². The van der Waals surface area contributed by atoms with E-state index in [1.54, 1.807) is 11.0 Å². The van der Waals surface area contributed by atoms with E-state index in [9.17, 15) is 9.18 Å². The second-order valence-electron chi connectivity index (χ2n) is 3.40. The maximum atomic E-state index is 12.9. The highest BCUT2D eigenvalue weighted by Gasteiger charge is 2.29. The second-order valence-corrected chi connectivity index (χ2v) is 5.55. The Labute approximate surface area is 104 Å².